The molecule has 1 atom stereocenters. The molecule has 0 bridgehead atoms. The molecular formula is C11H15NO4. The molecule has 0 aliphatic carbocycles. The van der Waals surface area contributed by atoms with Gasteiger partial charge in [-0.3, -0.25) is 10.1 Å². The van der Waals surface area contributed by atoms with E-state index in [1.807, 2.05) is 0 Å². The quantitative estimate of drug-likeness (QED) is 0.473. The average Bonchev–Trinajstić information content (AvgIpc) is 2.88. The van der Waals surface area contributed by atoms with Gasteiger partial charge in [-0.2, -0.15) is 0 Å². The Kier molecular flexibility index (Phi) is 5.45. The molecule has 1 unspecified atom stereocenters. The lowest BCUT2D eigenvalue weighted by Gasteiger charge is -2.00. The first-order valence-electron chi connectivity index (χ1n) is 5.16. The zero-order valence-corrected chi connectivity index (χ0v) is 8.91. The first-order valence-corrected chi connectivity index (χ1v) is 5.16. The maximum Gasteiger partial charge on any atom is 0.339 e. The molecule has 0 saturated carbocycles. The third-order valence-corrected chi connectivity index (χ3v) is 2.12. The predicted molar refractivity (Wildman–Crippen MR) is 58.4 cm³/mol. The van der Waals surface area contributed by atoms with Gasteiger partial charge in [0.2, 0.25) is 0 Å². The number of hydrogen-bond donors (Lipinski definition) is 1. The van der Waals surface area contributed by atoms with Crippen LogP contribution in [0.25, 0.3) is 0 Å². The number of aliphatic hydroxyl groups is 1. The summed E-state index contributed by atoms with van der Waals surface area (Å²) in [4.78, 5) is 9.31. The Hall–Kier alpha value is -1.46. The first-order chi connectivity index (χ1) is 7.72. The summed E-state index contributed by atoms with van der Waals surface area (Å²) in [6, 6.07) is 8.03. The Bertz CT molecular complexity index is 303. The maximum absolute atomic E-state index is 10.1. The Morgan fingerprint density at radius 1 is 1.25 bits per heavy atom. The SMILES string of the molecule is C1CCOC1.O=[N+]([O-])C(O)c1ccccc1. The maximum atomic E-state index is 10.1. The van der Waals surface area contributed by atoms with Crippen LogP contribution in [0.15, 0.2) is 30.3 Å². The van der Waals surface area contributed by atoms with E-state index in [4.69, 9.17) is 9.84 Å². The van der Waals surface area contributed by atoms with Crippen LogP contribution < -0.4 is 0 Å². The smallest absolute Gasteiger partial charge is 0.339 e. The molecular weight excluding hydrogens is 210 g/mol. The zero-order chi connectivity index (χ0) is 11.8. The summed E-state index contributed by atoms with van der Waals surface area (Å²) < 4.78 is 4.94. The van der Waals surface area contributed by atoms with Gasteiger partial charge < -0.3 is 9.84 Å². The van der Waals surface area contributed by atoms with E-state index in [1.165, 1.54) is 25.0 Å². The molecule has 1 saturated heterocycles. The lowest BCUT2D eigenvalue weighted by Crippen LogP contribution is -2.08. The van der Waals surface area contributed by atoms with Gasteiger partial charge in [0.1, 0.15) is 0 Å². The van der Waals surface area contributed by atoms with Gasteiger partial charge in [-0.15, -0.1) is 0 Å². The van der Waals surface area contributed by atoms with Crippen LogP contribution in [0.3, 0.4) is 0 Å². The van der Waals surface area contributed by atoms with Gasteiger partial charge in [-0.05, 0) is 25.0 Å². The second-order valence-corrected chi connectivity index (χ2v) is 3.39. The van der Waals surface area contributed by atoms with Gasteiger partial charge in [0.05, 0.1) is 10.5 Å². The average molecular weight is 225 g/mol. The van der Waals surface area contributed by atoms with Gasteiger partial charge in [0.15, 0.2) is 0 Å². The van der Waals surface area contributed by atoms with Crippen LogP contribution in [-0.4, -0.2) is 23.2 Å². The summed E-state index contributed by atoms with van der Waals surface area (Å²) in [6.07, 6.45) is 0.955. The molecule has 88 valence electrons. The lowest BCUT2D eigenvalue weighted by atomic mass is 10.2. The van der Waals surface area contributed by atoms with Crippen molar-refractivity contribution in [1.82, 2.24) is 0 Å². The van der Waals surface area contributed by atoms with Crippen LogP contribution >= 0.6 is 0 Å². The minimum atomic E-state index is -1.60. The van der Waals surface area contributed by atoms with Crippen LogP contribution in [0, 0.1) is 10.1 Å². The summed E-state index contributed by atoms with van der Waals surface area (Å²) in [6.45, 7) is 2.00. The second-order valence-electron chi connectivity index (χ2n) is 3.39. The number of ether oxygens (including phenoxy) is 1. The highest BCUT2D eigenvalue weighted by Crippen LogP contribution is 2.11. The third kappa shape index (κ3) is 4.37. The number of nitrogens with zero attached hydrogens (tertiary/aromatic N) is 1. The number of rotatable bonds is 2. The second kappa shape index (κ2) is 6.92. The Morgan fingerprint density at radius 3 is 2.19 bits per heavy atom. The highest BCUT2D eigenvalue weighted by Gasteiger charge is 2.16. The zero-order valence-electron chi connectivity index (χ0n) is 8.91. The molecule has 5 nitrogen and oxygen atoms in total. The topological polar surface area (TPSA) is 72.6 Å². The monoisotopic (exact) mass is 225 g/mol. The minimum absolute atomic E-state index is 0.303. The summed E-state index contributed by atoms with van der Waals surface area (Å²) in [7, 11) is 0. The standard InChI is InChI=1S/C7H7NO3.C4H8O/c9-7(8(10)11)6-4-2-1-3-5-6;1-2-4-5-3-1/h1-5,7,9H;1-4H2. The van der Waals surface area contributed by atoms with Gasteiger partial charge in [-0.25, -0.2) is 0 Å². The molecule has 0 aromatic heterocycles. The molecule has 16 heavy (non-hydrogen) atoms. The fraction of sp³-hybridized carbons (Fsp3) is 0.455. The van der Waals surface area contributed by atoms with Crippen molar-refractivity contribution in [3.05, 3.63) is 46.0 Å². The predicted octanol–water partition coefficient (Wildman–Crippen LogP) is 1.75. The summed E-state index contributed by atoms with van der Waals surface area (Å²) in [5.74, 6) is 0. The molecule has 0 spiro atoms. The van der Waals surface area contributed by atoms with E-state index in [-0.39, 0.29) is 0 Å². The van der Waals surface area contributed by atoms with Gasteiger partial charge >= 0.3 is 6.23 Å². The van der Waals surface area contributed by atoms with Crippen molar-refractivity contribution < 1.29 is 14.8 Å². The molecule has 0 amide bonds. The van der Waals surface area contributed by atoms with E-state index in [9.17, 15) is 10.1 Å². The van der Waals surface area contributed by atoms with Crippen molar-refractivity contribution in [1.29, 1.82) is 0 Å². The van der Waals surface area contributed by atoms with Gasteiger partial charge in [-0.1, -0.05) is 18.2 Å². The van der Waals surface area contributed by atoms with Gasteiger partial charge in [0.25, 0.3) is 0 Å². The number of hydrogen-bond acceptors (Lipinski definition) is 4. The lowest BCUT2D eigenvalue weighted by molar-refractivity contribution is -0.578. The Balaban J connectivity index is 0.000000212. The van der Waals surface area contributed by atoms with Crippen molar-refractivity contribution in [3.8, 4) is 0 Å². The molecule has 1 aromatic carbocycles. The molecule has 1 aliphatic heterocycles. The van der Waals surface area contributed by atoms with Crippen molar-refractivity contribution in [2.45, 2.75) is 19.1 Å². The van der Waals surface area contributed by atoms with E-state index in [0.29, 0.717) is 5.56 Å². The molecule has 5 heteroatoms. The van der Waals surface area contributed by atoms with Crippen molar-refractivity contribution in [2.24, 2.45) is 0 Å². The first kappa shape index (κ1) is 12.6. The normalized spacial score (nSPS) is 16.1. The van der Waals surface area contributed by atoms with E-state index < -0.39 is 11.2 Å². The Labute approximate surface area is 93.8 Å². The fourth-order valence-electron chi connectivity index (χ4n) is 1.26. The summed E-state index contributed by atoms with van der Waals surface area (Å²) in [5.41, 5.74) is 0.303. The highest BCUT2D eigenvalue weighted by molar-refractivity contribution is 5.15. The fourth-order valence-corrected chi connectivity index (χ4v) is 1.26. The van der Waals surface area contributed by atoms with Gasteiger partial charge in [0, 0.05) is 13.2 Å². The van der Waals surface area contributed by atoms with E-state index >= 15 is 0 Å². The molecule has 1 N–H and O–H groups in total. The molecule has 1 fully saturated rings. The third-order valence-electron chi connectivity index (χ3n) is 2.12. The summed E-state index contributed by atoms with van der Waals surface area (Å²) >= 11 is 0. The van der Waals surface area contributed by atoms with E-state index in [0.717, 1.165) is 13.2 Å². The molecule has 2 rings (SSSR count). The van der Waals surface area contributed by atoms with Crippen LogP contribution in [0.2, 0.25) is 0 Å². The van der Waals surface area contributed by atoms with E-state index in [1.54, 1.807) is 18.2 Å². The number of benzene rings is 1. The summed E-state index contributed by atoms with van der Waals surface area (Å²) in [5, 5.41) is 19.0. The highest BCUT2D eigenvalue weighted by atomic mass is 16.7. The van der Waals surface area contributed by atoms with Crippen LogP contribution in [-0.2, 0) is 4.74 Å². The van der Waals surface area contributed by atoms with Crippen molar-refractivity contribution in [3.63, 3.8) is 0 Å². The van der Waals surface area contributed by atoms with E-state index in [2.05, 4.69) is 0 Å². The number of nitro groups is 1. The molecule has 0 radical (unpaired) electrons. The largest absolute Gasteiger partial charge is 0.381 e. The minimum Gasteiger partial charge on any atom is -0.381 e. The number of aliphatic hydroxyl groups excluding tert-OH is 1. The molecule has 1 aliphatic rings. The van der Waals surface area contributed by atoms with Crippen molar-refractivity contribution in [2.75, 3.05) is 13.2 Å². The van der Waals surface area contributed by atoms with Crippen LogP contribution in [0.5, 0.6) is 0 Å². The Morgan fingerprint density at radius 2 is 1.81 bits per heavy atom. The molecule has 1 aromatic rings. The van der Waals surface area contributed by atoms with Crippen LogP contribution in [0.1, 0.15) is 24.6 Å². The molecule has 1 heterocycles. The van der Waals surface area contributed by atoms with Crippen molar-refractivity contribution >= 4 is 0 Å². The van der Waals surface area contributed by atoms with Crippen LogP contribution in [0.4, 0.5) is 0 Å².